The second kappa shape index (κ2) is 6.10. The number of hydrogen-bond acceptors (Lipinski definition) is 5. The van der Waals surface area contributed by atoms with Gasteiger partial charge in [0, 0.05) is 11.5 Å². The van der Waals surface area contributed by atoms with Crippen molar-refractivity contribution in [3.63, 3.8) is 0 Å². The molecule has 1 aliphatic rings. The lowest BCUT2D eigenvalue weighted by Crippen LogP contribution is -2.13. The zero-order chi connectivity index (χ0) is 12.8. The number of nitrogens with zero attached hydrogens (tertiary/aromatic N) is 3. The Labute approximate surface area is 98.7 Å². The minimum Gasteiger partial charge on any atom is -0.466 e. The van der Waals surface area contributed by atoms with Crippen LogP contribution in [0.3, 0.4) is 0 Å². The molecule has 17 heavy (non-hydrogen) atoms. The summed E-state index contributed by atoms with van der Waals surface area (Å²) in [5.74, 6) is -2.20. The van der Waals surface area contributed by atoms with Crippen LogP contribution < -0.4 is 0 Å². The maximum atomic E-state index is 11.5. The van der Waals surface area contributed by atoms with Crippen LogP contribution in [0, 0.1) is 17.8 Å². The Bertz CT molecular complexity index is 327. The molecular formula is C10H15N3O4. The number of hydrogen-bond donors (Lipinski definition) is 0. The topological polar surface area (TPSA) is 101 Å². The number of carbonyl (C=O) groups is 2. The van der Waals surface area contributed by atoms with Gasteiger partial charge in [-0.2, -0.15) is 0 Å². The van der Waals surface area contributed by atoms with Gasteiger partial charge in [0.05, 0.1) is 25.0 Å². The summed E-state index contributed by atoms with van der Waals surface area (Å²) in [5.41, 5.74) is 8.23. The predicted octanol–water partition coefficient (Wildman–Crippen LogP) is 1.29. The van der Waals surface area contributed by atoms with E-state index in [2.05, 4.69) is 10.0 Å². The average Bonchev–Trinajstić information content (AvgIpc) is 3.01. The van der Waals surface area contributed by atoms with Gasteiger partial charge >= 0.3 is 11.9 Å². The highest BCUT2D eigenvalue weighted by atomic mass is 16.5. The van der Waals surface area contributed by atoms with Gasteiger partial charge in [0.25, 0.3) is 0 Å². The maximum absolute atomic E-state index is 11.5. The van der Waals surface area contributed by atoms with Gasteiger partial charge in [0.15, 0.2) is 0 Å². The summed E-state index contributed by atoms with van der Waals surface area (Å²) < 4.78 is 9.71. The lowest BCUT2D eigenvalue weighted by molar-refractivity contribution is -0.150. The molecule has 0 heterocycles. The maximum Gasteiger partial charge on any atom is 0.310 e. The van der Waals surface area contributed by atoms with Crippen molar-refractivity contribution in [3.8, 4) is 0 Å². The van der Waals surface area contributed by atoms with E-state index in [1.165, 1.54) is 0 Å². The summed E-state index contributed by atoms with van der Waals surface area (Å²) in [7, 11) is 0. The van der Waals surface area contributed by atoms with Crippen LogP contribution in [-0.4, -0.2) is 31.7 Å². The molecule has 0 spiro atoms. The van der Waals surface area contributed by atoms with Crippen molar-refractivity contribution in [3.05, 3.63) is 10.4 Å². The molecule has 1 aliphatic carbocycles. The van der Waals surface area contributed by atoms with Crippen LogP contribution in [-0.2, 0) is 19.1 Å². The number of azide groups is 1. The van der Waals surface area contributed by atoms with E-state index in [-0.39, 0.29) is 25.7 Å². The van der Waals surface area contributed by atoms with Gasteiger partial charge in [-0.25, -0.2) is 0 Å². The molecule has 0 N–H and O–H groups in total. The highest BCUT2D eigenvalue weighted by molar-refractivity contribution is 5.88. The van der Waals surface area contributed by atoms with Crippen LogP contribution in [0.5, 0.6) is 0 Å². The van der Waals surface area contributed by atoms with Gasteiger partial charge < -0.3 is 9.47 Å². The van der Waals surface area contributed by atoms with Crippen molar-refractivity contribution in [2.75, 3.05) is 19.8 Å². The van der Waals surface area contributed by atoms with Crippen molar-refractivity contribution in [2.45, 2.75) is 13.8 Å². The highest BCUT2D eigenvalue weighted by Crippen LogP contribution is 2.48. The first-order valence-corrected chi connectivity index (χ1v) is 5.51. The van der Waals surface area contributed by atoms with Gasteiger partial charge in [-0.05, 0) is 25.3 Å². The summed E-state index contributed by atoms with van der Waals surface area (Å²) in [6.07, 6.45) is 0. The summed E-state index contributed by atoms with van der Waals surface area (Å²) in [5, 5.41) is 3.38. The molecular weight excluding hydrogens is 226 g/mol. The summed E-state index contributed by atoms with van der Waals surface area (Å²) in [6, 6.07) is 0. The standard InChI is InChI=1S/C10H15N3O4/c1-3-16-9(14)7-6(5-12-13-11)8(7)10(15)17-4-2/h6-8H,3-5H2,1-2H3/t7-,8-/m0/s1. The van der Waals surface area contributed by atoms with Crippen molar-refractivity contribution >= 4 is 11.9 Å². The largest absolute Gasteiger partial charge is 0.466 e. The molecule has 1 rings (SSSR count). The Kier molecular flexibility index (Phi) is 4.78. The van der Waals surface area contributed by atoms with Gasteiger partial charge in [-0.1, -0.05) is 5.11 Å². The molecule has 1 saturated carbocycles. The van der Waals surface area contributed by atoms with E-state index in [4.69, 9.17) is 15.0 Å². The first kappa shape index (κ1) is 13.3. The van der Waals surface area contributed by atoms with Gasteiger partial charge in [0.2, 0.25) is 0 Å². The van der Waals surface area contributed by atoms with E-state index in [1.807, 2.05) is 0 Å². The fourth-order valence-electron chi connectivity index (χ4n) is 1.85. The second-order valence-corrected chi connectivity index (χ2v) is 3.63. The van der Waals surface area contributed by atoms with E-state index in [0.717, 1.165) is 0 Å². The molecule has 0 aromatic heterocycles. The highest BCUT2D eigenvalue weighted by Gasteiger charge is 2.60. The zero-order valence-corrected chi connectivity index (χ0v) is 9.83. The number of esters is 2. The monoisotopic (exact) mass is 241 g/mol. The molecule has 0 amide bonds. The normalized spacial score (nSPS) is 25.6. The van der Waals surface area contributed by atoms with E-state index in [1.54, 1.807) is 13.8 Å². The quantitative estimate of drug-likeness (QED) is 0.302. The van der Waals surface area contributed by atoms with Crippen molar-refractivity contribution in [1.29, 1.82) is 0 Å². The van der Waals surface area contributed by atoms with E-state index in [9.17, 15) is 9.59 Å². The average molecular weight is 241 g/mol. The zero-order valence-electron chi connectivity index (χ0n) is 9.83. The minimum absolute atomic E-state index is 0.115. The third kappa shape index (κ3) is 3.10. The Morgan fingerprint density at radius 1 is 1.18 bits per heavy atom. The van der Waals surface area contributed by atoms with Crippen LogP contribution >= 0.6 is 0 Å². The smallest absolute Gasteiger partial charge is 0.310 e. The number of rotatable bonds is 6. The molecule has 0 aliphatic heterocycles. The molecule has 0 aromatic rings. The number of ether oxygens (including phenoxy) is 2. The van der Waals surface area contributed by atoms with Crippen LogP contribution in [0.4, 0.5) is 0 Å². The van der Waals surface area contributed by atoms with Gasteiger partial charge in [-0.15, -0.1) is 0 Å². The SMILES string of the molecule is CCOC(=O)[C@H]1C(CN=[N+]=[N-])[C@@H]1C(=O)OCC. The third-order valence-electron chi connectivity index (χ3n) is 2.64. The Morgan fingerprint density at radius 3 is 2.00 bits per heavy atom. The van der Waals surface area contributed by atoms with E-state index < -0.39 is 23.8 Å². The Hall–Kier alpha value is -1.75. The van der Waals surface area contributed by atoms with Crippen molar-refractivity contribution in [1.82, 2.24) is 0 Å². The van der Waals surface area contributed by atoms with Crippen LogP contribution in [0.2, 0.25) is 0 Å². The molecule has 0 bridgehead atoms. The fraction of sp³-hybridized carbons (Fsp3) is 0.800. The minimum atomic E-state index is -0.528. The Balaban J connectivity index is 2.63. The summed E-state index contributed by atoms with van der Waals surface area (Å²) >= 11 is 0. The van der Waals surface area contributed by atoms with Crippen LogP contribution in [0.15, 0.2) is 5.11 Å². The lowest BCUT2D eigenvalue weighted by Gasteiger charge is -2.00. The molecule has 0 radical (unpaired) electrons. The first-order valence-electron chi connectivity index (χ1n) is 5.51. The lowest BCUT2D eigenvalue weighted by atomic mass is 10.3. The molecule has 7 nitrogen and oxygen atoms in total. The summed E-state index contributed by atoms with van der Waals surface area (Å²) in [4.78, 5) is 25.7. The third-order valence-corrected chi connectivity index (χ3v) is 2.64. The predicted molar refractivity (Wildman–Crippen MR) is 57.7 cm³/mol. The fourth-order valence-corrected chi connectivity index (χ4v) is 1.85. The van der Waals surface area contributed by atoms with Gasteiger partial charge in [-0.3, -0.25) is 9.59 Å². The van der Waals surface area contributed by atoms with Crippen molar-refractivity contribution in [2.24, 2.45) is 22.9 Å². The summed E-state index contributed by atoms with van der Waals surface area (Å²) in [6.45, 7) is 4.03. The van der Waals surface area contributed by atoms with Gasteiger partial charge in [0.1, 0.15) is 0 Å². The molecule has 2 atom stereocenters. The molecule has 0 aromatic carbocycles. The number of carbonyl (C=O) groups excluding carboxylic acids is 2. The van der Waals surface area contributed by atoms with Crippen LogP contribution in [0.1, 0.15) is 13.8 Å². The Morgan fingerprint density at radius 2 is 1.65 bits per heavy atom. The first-order chi connectivity index (χ1) is 8.17. The van der Waals surface area contributed by atoms with Crippen molar-refractivity contribution < 1.29 is 19.1 Å². The second-order valence-electron chi connectivity index (χ2n) is 3.63. The molecule has 0 unspecified atom stereocenters. The molecule has 94 valence electrons. The molecule has 7 heteroatoms. The van der Waals surface area contributed by atoms with E-state index >= 15 is 0 Å². The molecule has 1 fully saturated rings. The molecule has 0 saturated heterocycles. The van der Waals surface area contributed by atoms with E-state index in [0.29, 0.717) is 0 Å². The van der Waals surface area contributed by atoms with Crippen LogP contribution in [0.25, 0.3) is 10.4 Å².